The first-order chi connectivity index (χ1) is 7.78. The van der Waals surface area contributed by atoms with Gasteiger partial charge in [-0.1, -0.05) is 11.6 Å². The molecule has 0 saturated carbocycles. The molecule has 17 heavy (non-hydrogen) atoms. The smallest absolute Gasteiger partial charge is 0.478 e. The molecule has 0 aromatic heterocycles. The molecule has 0 atom stereocenters. The van der Waals surface area contributed by atoms with Crippen LogP contribution in [0.1, 0.15) is 5.56 Å². The maximum Gasteiger partial charge on any atom is 0.573 e. The van der Waals surface area contributed by atoms with Gasteiger partial charge in [0, 0.05) is 16.7 Å². The number of aliphatic carboxylic acids is 1. The lowest BCUT2D eigenvalue weighted by atomic mass is 10.2. The fourth-order valence-corrected chi connectivity index (χ4v) is 1.21. The second-order valence-corrected chi connectivity index (χ2v) is 3.34. The highest BCUT2D eigenvalue weighted by Crippen LogP contribution is 2.29. The largest absolute Gasteiger partial charge is 0.573 e. The molecule has 0 fully saturated rings. The van der Waals surface area contributed by atoms with Crippen LogP contribution in [0.3, 0.4) is 0 Å². The molecule has 0 aliphatic rings. The van der Waals surface area contributed by atoms with Gasteiger partial charge in [0.1, 0.15) is 5.75 Å². The topological polar surface area (TPSA) is 46.5 Å². The third kappa shape index (κ3) is 4.78. The summed E-state index contributed by atoms with van der Waals surface area (Å²) in [5, 5.41) is 8.56. The predicted octanol–water partition coefficient (Wildman–Crippen LogP) is 3.34. The summed E-state index contributed by atoms with van der Waals surface area (Å²) in [7, 11) is 0. The van der Waals surface area contributed by atoms with E-state index >= 15 is 0 Å². The van der Waals surface area contributed by atoms with Crippen molar-refractivity contribution >= 4 is 23.6 Å². The highest BCUT2D eigenvalue weighted by atomic mass is 35.5. The number of carbonyl (C=O) groups is 1. The van der Waals surface area contributed by atoms with Crippen LogP contribution in [0, 0.1) is 0 Å². The van der Waals surface area contributed by atoms with Crippen LogP contribution in [0.2, 0.25) is 5.02 Å². The number of hydrogen-bond acceptors (Lipinski definition) is 2. The van der Waals surface area contributed by atoms with Crippen LogP contribution in [0.4, 0.5) is 13.2 Å². The summed E-state index contributed by atoms with van der Waals surface area (Å²) in [6.07, 6.45) is -3.19. The zero-order valence-electron chi connectivity index (χ0n) is 8.16. The number of hydrogen-bond donors (Lipinski definition) is 1. The van der Waals surface area contributed by atoms with E-state index < -0.39 is 18.1 Å². The van der Waals surface area contributed by atoms with Gasteiger partial charge in [0.15, 0.2) is 0 Å². The van der Waals surface area contributed by atoms with E-state index in [1.807, 2.05) is 0 Å². The Balaban J connectivity index is 3.08. The quantitative estimate of drug-likeness (QED) is 0.854. The van der Waals surface area contributed by atoms with Gasteiger partial charge < -0.3 is 9.84 Å². The van der Waals surface area contributed by atoms with Gasteiger partial charge in [0.2, 0.25) is 0 Å². The van der Waals surface area contributed by atoms with E-state index in [4.69, 9.17) is 16.7 Å². The number of ether oxygens (including phenoxy) is 1. The first-order valence-electron chi connectivity index (χ1n) is 4.24. The van der Waals surface area contributed by atoms with E-state index in [9.17, 15) is 18.0 Å². The third-order valence-electron chi connectivity index (χ3n) is 1.60. The molecule has 0 unspecified atom stereocenters. The number of alkyl halides is 3. The molecular weight excluding hydrogens is 261 g/mol. The van der Waals surface area contributed by atoms with Crippen LogP contribution in [-0.2, 0) is 4.79 Å². The summed E-state index contributed by atoms with van der Waals surface area (Å²) in [6.45, 7) is 0. The van der Waals surface area contributed by atoms with Crippen LogP contribution in [0.15, 0.2) is 24.3 Å². The van der Waals surface area contributed by atoms with Gasteiger partial charge in [0.25, 0.3) is 0 Å². The molecule has 0 radical (unpaired) electrons. The van der Waals surface area contributed by atoms with Gasteiger partial charge in [-0.25, -0.2) is 4.79 Å². The fraction of sp³-hybridized carbons (Fsp3) is 0.100. The van der Waals surface area contributed by atoms with Crippen molar-refractivity contribution in [2.24, 2.45) is 0 Å². The summed E-state index contributed by atoms with van der Waals surface area (Å²) < 4.78 is 39.8. The molecule has 0 spiro atoms. The van der Waals surface area contributed by atoms with Crippen molar-refractivity contribution in [3.05, 3.63) is 34.9 Å². The van der Waals surface area contributed by atoms with Gasteiger partial charge in [0.05, 0.1) is 0 Å². The van der Waals surface area contributed by atoms with E-state index in [-0.39, 0.29) is 10.6 Å². The van der Waals surface area contributed by atoms with Crippen LogP contribution >= 0.6 is 11.6 Å². The van der Waals surface area contributed by atoms with Crippen molar-refractivity contribution in [3.8, 4) is 5.75 Å². The monoisotopic (exact) mass is 266 g/mol. The normalized spacial score (nSPS) is 11.8. The summed E-state index contributed by atoms with van der Waals surface area (Å²) in [6, 6.07) is 3.39. The van der Waals surface area contributed by atoms with E-state index in [1.165, 1.54) is 12.1 Å². The van der Waals surface area contributed by atoms with E-state index in [1.54, 1.807) is 0 Å². The second-order valence-electron chi connectivity index (χ2n) is 2.90. The molecule has 92 valence electrons. The van der Waals surface area contributed by atoms with Crippen LogP contribution < -0.4 is 4.74 Å². The standard InChI is InChI=1S/C10H6ClF3O3/c11-7-2-3-8(17-10(12,13)14)6(5-7)1-4-9(15)16/h1-5H,(H,15,16)/b4-1+. The summed E-state index contributed by atoms with van der Waals surface area (Å²) in [5.74, 6) is -1.80. The second kappa shape index (κ2) is 5.09. The molecule has 0 aliphatic carbocycles. The minimum absolute atomic E-state index is 0.0720. The van der Waals surface area contributed by atoms with Crippen molar-refractivity contribution in [2.75, 3.05) is 0 Å². The molecule has 0 bridgehead atoms. The zero-order valence-corrected chi connectivity index (χ0v) is 8.92. The van der Waals surface area contributed by atoms with E-state index in [2.05, 4.69) is 4.74 Å². The minimum atomic E-state index is -4.85. The SMILES string of the molecule is O=C(O)/C=C/c1cc(Cl)ccc1OC(F)(F)F. The first kappa shape index (κ1) is 13.4. The molecule has 1 N–H and O–H groups in total. The average Bonchev–Trinajstić information content (AvgIpc) is 2.16. The molecular formula is C10H6ClF3O3. The number of carboxylic acids is 1. The Hall–Kier alpha value is -1.69. The molecule has 1 aromatic rings. The number of halogens is 4. The fourth-order valence-electron chi connectivity index (χ4n) is 1.03. The van der Waals surface area contributed by atoms with Crippen LogP contribution in [-0.4, -0.2) is 17.4 Å². The van der Waals surface area contributed by atoms with Crippen molar-refractivity contribution < 1.29 is 27.8 Å². The van der Waals surface area contributed by atoms with Crippen molar-refractivity contribution in [3.63, 3.8) is 0 Å². The van der Waals surface area contributed by atoms with Gasteiger partial charge in [-0.15, -0.1) is 13.2 Å². The lowest BCUT2D eigenvalue weighted by Crippen LogP contribution is -2.17. The van der Waals surface area contributed by atoms with Crippen LogP contribution in [0.5, 0.6) is 5.75 Å². The van der Waals surface area contributed by atoms with Crippen LogP contribution in [0.25, 0.3) is 6.08 Å². The molecule has 1 rings (SSSR count). The first-order valence-corrected chi connectivity index (χ1v) is 4.62. The van der Waals surface area contributed by atoms with Gasteiger partial charge in [-0.2, -0.15) is 0 Å². The Morgan fingerprint density at radius 3 is 2.59 bits per heavy atom. The third-order valence-corrected chi connectivity index (χ3v) is 1.84. The molecule has 3 nitrogen and oxygen atoms in total. The Kier molecular flexibility index (Phi) is 4.01. The van der Waals surface area contributed by atoms with Gasteiger partial charge >= 0.3 is 12.3 Å². The zero-order chi connectivity index (χ0) is 13.1. The molecule has 0 amide bonds. The van der Waals surface area contributed by atoms with E-state index in [0.717, 1.165) is 12.1 Å². The Morgan fingerprint density at radius 1 is 1.41 bits per heavy atom. The Morgan fingerprint density at radius 2 is 2.06 bits per heavy atom. The molecule has 0 saturated heterocycles. The number of rotatable bonds is 3. The number of carboxylic acid groups (broad SMARTS) is 1. The van der Waals surface area contributed by atoms with Crippen molar-refractivity contribution in [1.29, 1.82) is 0 Å². The maximum atomic E-state index is 12.0. The lowest BCUT2D eigenvalue weighted by molar-refractivity contribution is -0.274. The highest BCUT2D eigenvalue weighted by Gasteiger charge is 2.31. The predicted molar refractivity (Wildman–Crippen MR) is 54.8 cm³/mol. The summed E-state index contributed by atoms with van der Waals surface area (Å²) in [5.41, 5.74) is -0.0720. The van der Waals surface area contributed by atoms with Crippen molar-refractivity contribution in [1.82, 2.24) is 0 Å². The molecule has 0 aliphatic heterocycles. The molecule has 1 aromatic carbocycles. The number of benzene rings is 1. The van der Waals surface area contributed by atoms with Crippen molar-refractivity contribution in [2.45, 2.75) is 6.36 Å². The van der Waals surface area contributed by atoms with Gasteiger partial charge in [-0.05, 0) is 24.3 Å². The lowest BCUT2D eigenvalue weighted by Gasteiger charge is -2.11. The van der Waals surface area contributed by atoms with E-state index in [0.29, 0.717) is 6.08 Å². The Bertz CT molecular complexity index is 455. The average molecular weight is 267 g/mol. The minimum Gasteiger partial charge on any atom is -0.478 e. The molecule has 7 heteroatoms. The van der Waals surface area contributed by atoms with Gasteiger partial charge in [-0.3, -0.25) is 0 Å². The maximum absolute atomic E-state index is 12.0. The summed E-state index contributed by atoms with van der Waals surface area (Å²) in [4.78, 5) is 10.3. The molecule has 0 heterocycles. The highest BCUT2D eigenvalue weighted by molar-refractivity contribution is 6.30. The Labute approximate surface area is 99.1 Å². The summed E-state index contributed by atoms with van der Waals surface area (Å²) >= 11 is 5.59.